The van der Waals surface area contributed by atoms with Crippen molar-refractivity contribution in [2.75, 3.05) is 0 Å². The lowest BCUT2D eigenvalue weighted by atomic mass is 10.1. The van der Waals surface area contributed by atoms with E-state index >= 15 is 0 Å². The summed E-state index contributed by atoms with van der Waals surface area (Å²) in [6.45, 7) is 0. The predicted octanol–water partition coefficient (Wildman–Crippen LogP) is 5.60. The Morgan fingerprint density at radius 1 is 1.26 bits per heavy atom. The molecule has 0 amide bonds. The summed E-state index contributed by atoms with van der Waals surface area (Å²) in [4.78, 5) is 7.80. The highest BCUT2D eigenvalue weighted by Crippen LogP contribution is 2.30. The molecule has 0 aliphatic carbocycles. The van der Waals surface area contributed by atoms with Crippen LogP contribution in [0.5, 0.6) is 0 Å². The number of hydrogen-bond acceptors (Lipinski definition) is 3. The van der Waals surface area contributed by atoms with E-state index in [0.717, 1.165) is 36.2 Å². The first-order chi connectivity index (χ1) is 11.2. The standard InChI is InChI=1S/C18H10BrN3S/c19-13-5-6-15-14(8-13)12(10-21-15)7-11(9-20)18-22-16-3-1-2-4-17(16)23-18/h1-8,10,21H. The topological polar surface area (TPSA) is 52.5 Å². The molecule has 0 atom stereocenters. The van der Waals surface area contributed by atoms with Gasteiger partial charge in [0.1, 0.15) is 11.1 Å². The van der Waals surface area contributed by atoms with Crippen LogP contribution in [0.3, 0.4) is 0 Å². The van der Waals surface area contributed by atoms with Crippen LogP contribution in [0.1, 0.15) is 10.6 Å². The molecule has 2 heterocycles. The number of aromatic nitrogens is 2. The molecule has 4 rings (SSSR count). The van der Waals surface area contributed by atoms with Gasteiger partial charge in [0.2, 0.25) is 0 Å². The van der Waals surface area contributed by atoms with E-state index in [1.165, 1.54) is 11.3 Å². The third kappa shape index (κ3) is 2.56. The Labute approximate surface area is 145 Å². The molecule has 0 bridgehead atoms. The largest absolute Gasteiger partial charge is 0.361 e. The molecule has 23 heavy (non-hydrogen) atoms. The maximum Gasteiger partial charge on any atom is 0.135 e. The van der Waals surface area contributed by atoms with Gasteiger partial charge in [-0.25, -0.2) is 4.98 Å². The average molecular weight is 380 g/mol. The Morgan fingerprint density at radius 3 is 2.96 bits per heavy atom. The summed E-state index contributed by atoms with van der Waals surface area (Å²) in [6.07, 6.45) is 3.81. The summed E-state index contributed by atoms with van der Waals surface area (Å²) in [5.41, 5.74) is 3.53. The van der Waals surface area contributed by atoms with Crippen LogP contribution < -0.4 is 0 Å². The number of rotatable bonds is 2. The zero-order valence-corrected chi connectivity index (χ0v) is 14.3. The quantitative estimate of drug-likeness (QED) is 0.460. The van der Waals surface area contributed by atoms with Crippen molar-refractivity contribution in [1.29, 1.82) is 5.26 Å². The Kier molecular flexibility index (Phi) is 3.49. The minimum atomic E-state index is 0.576. The number of nitrogens with one attached hydrogen (secondary N) is 1. The SMILES string of the molecule is N#CC(=Cc1c[nH]c2ccc(Br)cc12)c1nc2ccccc2s1. The van der Waals surface area contributed by atoms with E-state index in [2.05, 4.69) is 32.0 Å². The Morgan fingerprint density at radius 2 is 2.13 bits per heavy atom. The first-order valence-corrected chi connectivity index (χ1v) is 8.60. The number of fused-ring (bicyclic) bond motifs is 2. The molecule has 1 N–H and O–H groups in total. The molecule has 3 nitrogen and oxygen atoms in total. The molecule has 2 aromatic heterocycles. The van der Waals surface area contributed by atoms with Crippen LogP contribution in [0.25, 0.3) is 32.8 Å². The molecule has 0 fully saturated rings. The molecule has 5 heteroatoms. The van der Waals surface area contributed by atoms with Gasteiger partial charge in [-0.3, -0.25) is 0 Å². The Bertz CT molecular complexity index is 1070. The van der Waals surface area contributed by atoms with Crippen molar-refractivity contribution in [3.8, 4) is 6.07 Å². The van der Waals surface area contributed by atoms with E-state index < -0.39 is 0 Å². The van der Waals surface area contributed by atoms with Crippen molar-refractivity contribution >= 4 is 60.0 Å². The molecular formula is C18H10BrN3S. The maximum absolute atomic E-state index is 9.56. The number of nitriles is 1. The zero-order valence-electron chi connectivity index (χ0n) is 11.9. The number of benzene rings is 2. The summed E-state index contributed by atoms with van der Waals surface area (Å²) in [7, 11) is 0. The fourth-order valence-electron chi connectivity index (χ4n) is 2.52. The molecule has 0 aliphatic heterocycles. The van der Waals surface area contributed by atoms with Crippen LogP contribution in [-0.2, 0) is 0 Å². The van der Waals surface area contributed by atoms with Crippen molar-refractivity contribution in [2.45, 2.75) is 0 Å². The second-order valence-corrected chi connectivity index (χ2v) is 7.04. The van der Waals surface area contributed by atoms with Crippen LogP contribution in [-0.4, -0.2) is 9.97 Å². The maximum atomic E-state index is 9.56. The first-order valence-electron chi connectivity index (χ1n) is 6.99. The second kappa shape index (κ2) is 5.65. The summed E-state index contributed by atoms with van der Waals surface area (Å²) in [6, 6.07) is 16.3. The number of halogens is 1. The van der Waals surface area contributed by atoms with Gasteiger partial charge in [0.25, 0.3) is 0 Å². The highest BCUT2D eigenvalue weighted by Gasteiger charge is 2.10. The van der Waals surface area contributed by atoms with Gasteiger partial charge < -0.3 is 4.98 Å². The van der Waals surface area contributed by atoms with Gasteiger partial charge >= 0.3 is 0 Å². The number of H-pyrrole nitrogens is 1. The van der Waals surface area contributed by atoms with E-state index in [1.807, 2.05) is 54.7 Å². The van der Waals surface area contributed by atoms with Crippen LogP contribution in [0, 0.1) is 11.3 Å². The van der Waals surface area contributed by atoms with E-state index in [1.54, 1.807) is 0 Å². The summed E-state index contributed by atoms with van der Waals surface area (Å²) in [5.74, 6) is 0. The molecule has 0 saturated carbocycles. The number of hydrogen-bond donors (Lipinski definition) is 1. The van der Waals surface area contributed by atoms with Gasteiger partial charge in [0.05, 0.1) is 15.8 Å². The highest BCUT2D eigenvalue weighted by molar-refractivity contribution is 9.10. The van der Waals surface area contributed by atoms with Crippen LogP contribution >= 0.6 is 27.3 Å². The van der Waals surface area contributed by atoms with Crippen molar-refractivity contribution in [3.05, 3.63) is 63.7 Å². The molecule has 0 unspecified atom stereocenters. The number of para-hydroxylation sites is 1. The molecule has 0 aliphatic rings. The Balaban J connectivity index is 1.86. The fourth-order valence-corrected chi connectivity index (χ4v) is 3.81. The number of allylic oxidation sites excluding steroid dienone is 1. The van der Waals surface area contributed by atoms with E-state index in [9.17, 15) is 5.26 Å². The van der Waals surface area contributed by atoms with Crippen LogP contribution in [0.2, 0.25) is 0 Å². The first kappa shape index (κ1) is 14.2. The summed E-state index contributed by atoms with van der Waals surface area (Å²) in [5, 5.41) is 11.4. The lowest BCUT2D eigenvalue weighted by Crippen LogP contribution is -1.80. The van der Waals surface area contributed by atoms with Crippen molar-refractivity contribution in [2.24, 2.45) is 0 Å². The fraction of sp³-hybridized carbons (Fsp3) is 0. The summed E-state index contributed by atoms with van der Waals surface area (Å²) >= 11 is 5.03. The zero-order chi connectivity index (χ0) is 15.8. The molecule has 110 valence electrons. The third-order valence-electron chi connectivity index (χ3n) is 3.62. The smallest absolute Gasteiger partial charge is 0.135 e. The van der Waals surface area contributed by atoms with Crippen molar-refractivity contribution < 1.29 is 0 Å². The van der Waals surface area contributed by atoms with Gasteiger partial charge in [-0.05, 0) is 36.4 Å². The lowest BCUT2D eigenvalue weighted by molar-refractivity contribution is 1.43. The van der Waals surface area contributed by atoms with E-state index in [0.29, 0.717) is 5.57 Å². The predicted molar refractivity (Wildman–Crippen MR) is 99.1 cm³/mol. The molecule has 0 spiro atoms. The monoisotopic (exact) mass is 379 g/mol. The van der Waals surface area contributed by atoms with Crippen molar-refractivity contribution in [1.82, 2.24) is 9.97 Å². The summed E-state index contributed by atoms with van der Waals surface area (Å²) < 4.78 is 2.10. The number of thiazole rings is 1. The van der Waals surface area contributed by atoms with E-state index in [4.69, 9.17) is 0 Å². The number of aromatic amines is 1. The van der Waals surface area contributed by atoms with E-state index in [-0.39, 0.29) is 0 Å². The van der Waals surface area contributed by atoms with Gasteiger partial charge in [-0.2, -0.15) is 5.26 Å². The van der Waals surface area contributed by atoms with Gasteiger partial charge in [0.15, 0.2) is 0 Å². The van der Waals surface area contributed by atoms with Gasteiger partial charge in [-0.15, -0.1) is 11.3 Å². The lowest BCUT2D eigenvalue weighted by Gasteiger charge is -1.95. The second-order valence-electron chi connectivity index (χ2n) is 5.09. The minimum absolute atomic E-state index is 0.576. The minimum Gasteiger partial charge on any atom is -0.361 e. The van der Waals surface area contributed by atoms with Crippen LogP contribution in [0.15, 0.2) is 53.1 Å². The molecule has 0 radical (unpaired) electrons. The highest BCUT2D eigenvalue weighted by atomic mass is 79.9. The third-order valence-corrected chi connectivity index (χ3v) is 5.18. The normalized spacial score (nSPS) is 11.9. The molecule has 4 aromatic rings. The number of nitrogens with zero attached hydrogens (tertiary/aromatic N) is 2. The van der Waals surface area contributed by atoms with Crippen molar-refractivity contribution in [3.63, 3.8) is 0 Å². The molecule has 0 saturated heterocycles. The Hall–Kier alpha value is -2.42. The van der Waals surface area contributed by atoms with Gasteiger partial charge in [-0.1, -0.05) is 28.1 Å². The molecular weight excluding hydrogens is 370 g/mol. The van der Waals surface area contributed by atoms with Gasteiger partial charge in [0, 0.05) is 27.1 Å². The molecule has 2 aromatic carbocycles. The average Bonchev–Trinajstić information content (AvgIpc) is 3.16. The van der Waals surface area contributed by atoms with Crippen LogP contribution in [0.4, 0.5) is 0 Å².